The molecule has 5 heteroatoms. The molecule has 0 bridgehead atoms. The van der Waals surface area contributed by atoms with Crippen LogP contribution in [0.2, 0.25) is 0 Å². The number of rotatable bonds is 5. The van der Waals surface area contributed by atoms with Crippen LogP contribution in [0.25, 0.3) is 94.7 Å². The van der Waals surface area contributed by atoms with Crippen molar-refractivity contribution < 1.29 is 4.42 Å². The molecule has 10 aromatic rings. The third-order valence-corrected chi connectivity index (χ3v) is 9.48. The molecule has 0 fully saturated rings. The van der Waals surface area contributed by atoms with Crippen molar-refractivity contribution in [3.05, 3.63) is 170 Å². The first kappa shape index (κ1) is 28.2. The maximum atomic E-state index is 6.47. The lowest BCUT2D eigenvalue weighted by Crippen LogP contribution is -2.00. The molecule has 0 amide bonds. The van der Waals surface area contributed by atoms with Crippen LogP contribution >= 0.6 is 0 Å². The van der Waals surface area contributed by atoms with Gasteiger partial charge in [-0.3, -0.25) is 0 Å². The number of para-hydroxylation sites is 2. The van der Waals surface area contributed by atoms with Gasteiger partial charge in [-0.2, -0.15) is 0 Å². The number of fused-ring (bicyclic) bond motifs is 6. The number of aromatic nitrogens is 4. The van der Waals surface area contributed by atoms with E-state index in [1.807, 2.05) is 48.5 Å². The molecule has 0 aliphatic carbocycles. The minimum atomic E-state index is 0.594. The van der Waals surface area contributed by atoms with Crippen molar-refractivity contribution in [3.8, 4) is 51.0 Å². The summed E-state index contributed by atoms with van der Waals surface area (Å²) < 4.78 is 8.80. The topological polar surface area (TPSA) is 56.7 Å². The summed E-state index contributed by atoms with van der Waals surface area (Å²) in [6.07, 6.45) is 0. The summed E-state index contributed by atoms with van der Waals surface area (Å²) in [5, 5.41) is 4.43. The van der Waals surface area contributed by atoms with E-state index in [-0.39, 0.29) is 0 Å². The van der Waals surface area contributed by atoms with Crippen LogP contribution in [0.15, 0.2) is 174 Å². The minimum Gasteiger partial charge on any atom is -0.456 e. The molecule has 3 heterocycles. The number of nitrogens with zero attached hydrogens (tertiary/aromatic N) is 4. The van der Waals surface area contributed by atoms with Crippen LogP contribution in [-0.2, 0) is 0 Å². The van der Waals surface area contributed by atoms with E-state index in [0.29, 0.717) is 17.5 Å². The van der Waals surface area contributed by atoms with Crippen molar-refractivity contribution in [2.45, 2.75) is 0 Å². The minimum absolute atomic E-state index is 0.594. The van der Waals surface area contributed by atoms with E-state index in [0.717, 1.165) is 60.9 Å². The Morgan fingerprint density at radius 2 is 0.920 bits per heavy atom. The SMILES string of the molecule is c1ccc(-c2ccc(-c3nc(-c4ccccc4)nc(-c4cccc5oc6ccc(-n7c8ccccc8c8ccccc87)cc6c45)n3)cc2)cc1. The third-order valence-electron chi connectivity index (χ3n) is 9.48. The lowest BCUT2D eigenvalue weighted by atomic mass is 10.0. The number of hydrogen-bond acceptors (Lipinski definition) is 4. The van der Waals surface area contributed by atoms with Crippen LogP contribution in [0.3, 0.4) is 0 Å². The van der Waals surface area contributed by atoms with Crippen molar-refractivity contribution in [2.24, 2.45) is 0 Å². The highest BCUT2D eigenvalue weighted by Gasteiger charge is 2.19. The first-order chi connectivity index (χ1) is 24.8. The summed E-state index contributed by atoms with van der Waals surface area (Å²) in [5.41, 5.74) is 10.0. The Labute approximate surface area is 287 Å². The van der Waals surface area contributed by atoms with E-state index in [9.17, 15) is 0 Å². The van der Waals surface area contributed by atoms with Crippen molar-refractivity contribution in [2.75, 3.05) is 0 Å². The van der Waals surface area contributed by atoms with Gasteiger partial charge in [0.15, 0.2) is 17.5 Å². The van der Waals surface area contributed by atoms with Gasteiger partial charge in [-0.25, -0.2) is 15.0 Å². The normalized spacial score (nSPS) is 11.6. The Morgan fingerprint density at radius 1 is 0.380 bits per heavy atom. The predicted octanol–water partition coefficient (Wildman–Crippen LogP) is 11.5. The van der Waals surface area contributed by atoms with E-state index in [1.165, 1.54) is 16.3 Å². The predicted molar refractivity (Wildman–Crippen MR) is 203 cm³/mol. The Morgan fingerprint density at radius 3 is 1.60 bits per heavy atom. The van der Waals surface area contributed by atoms with Crippen LogP contribution in [0.1, 0.15) is 0 Å². The van der Waals surface area contributed by atoms with Crippen LogP contribution in [-0.4, -0.2) is 19.5 Å². The highest BCUT2D eigenvalue weighted by Crippen LogP contribution is 2.39. The first-order valence-corrected chi connectivity index (χ1v) is 16.7. The van der Waals surface area contributed by atoms with E-state index >= 15 is 0 Å². The second kappa shape index (κ2) is 11.4. The number of furan rings is 1. The van der Waals surface area contributed by atoms with Gasteiger partial charge >= 0.3 is 0 Å². The molecule has 3 aromatic heterocycles. The molecule has 10 rings (SSSR count). The molecule has 0 aliphatic rings. The van der Waals surface area contributed by atoms with Gasteiger partial charge in [0.1, 0.15) is 11.2 Å². The zero-order valence-corrected chi connectivity index (χ0v) is 26.9. The molecule has 234 valence electrons. The molecule has 50 heavy (non-hydrogen) atoms. The quantitative estimate of drug-likeness (QED) is 0.188. The summed E-state index contributed by atoms with van der Waals surface area (Å²) in [7, 11) is 0. The maximum Gasteiger partial charge on any atom is 0.164 e. The standard InChI is InChI=1S/C45H28N4O/c1-3-12-29(13-4-1)30-22-24-32(25-23-30)44-46-43(31-14-5-2-6-15-31)47-45(48-44)36-18-11-21-41-42(36)37-28-33(26-27-40(37)50-41)49-38-19-9-7-16-34(38)35-17-8-10-20-39(35)49/h1-28H. The zero-order chi connectivity index (χ0) is 33.0. The summed E-state index contributed by atoms with van der Waals surface area (Å²) >= 11 is 0. The highest BCUT2D eigenvalue weighted by atomic mass is 16.3. The molecule has 0 atom stereocenters. The largest absolute Gasteiger partial charge is 0.456 e. The van der Waals surface area contributed by atoms with E-state index in [1.54, 1.807) is 0 Å². The fourth-order valence-corrected chi connectivity index (χ4v) is 7.13. The monoisotopic (exact) mass is 640 g/mol. The van der Waals surface area contributed by atoms with Crippen LogP contribution in [0.4, 0.5) is 0 Å². The summed E-state index contributed by atoms with van der Waals surface area (Å²) in [6.45, 7) is 0. The van der Waals surface area contributed by atoms with Gasteiger partial charge < -0.3 is 8.98 Å². The van der Waals surface area contributed by atoms with Crippen LogP contribution in [0.5, 0.6) is 0 Å². The Hall–Kier alpha value is -6.85. The summed E-state index contributed by atoms with van der Waals surface area (Å²) in [4.78, 5) is 15.2. The second-order valence-corrected chi connectivity index (χ2v) is 12.4. The average molecular weight is 641 g/mol. The molecule has 0 N–H and O–H groups in total. The molecule has 0 unspecified atom stereocenters. The van der Waals surface area contributed by atoms with Gasteiger partial charge in [-0.1, -0.05) is 133 Å². The molecule has 0 aliphatic heterocycles. The fourth-order valence-electron chi connectivity index (χ4n) is 7.13. The Bertz CT molecular complexity index is 2800. The van der Waals surface area contributed by atoms with Gasteiger partial charge in [-0.15, -0.1) is 0 Å². The second-order valence-electron chi connectivity index (χ2n) is 12.4. The lowest BCUT2D eigenvalue weighted by Gasteiger charge is -2.10. The zero-order valence-electron chi connectivity index (χ0n) is 26.9. The lowest BCUT2D eigenvalue weighted by molar-refractivity contribution is 0.669. The van der Waals surface area contributed by atoms with E-state index < -0.39 is 0 Å². The average Bonchev–Trinajstić information content (AvgIpc) is 3.74. The maximum absolute atomic E-state index is 6.47. The van der Waals surface area contributed by atoms with Gasteiger partial charge in [0, 0.05) is 43.9 Å². The Kier molecular flexibility index (Phi) is 6.42. The van der Waals surface area contributed by atoms with Gasteiger partial charge in [0.05, 0.1) is 11.0 Å². The van der Waals surface area contributed by atoms with Gasteiger partial charge in [0.2, 0.25) is 0 Å². The van der Waals surface area contributed by atoms with Crippen molar-refractivity contribution in [1.82, 2.24) is 19.5 Å². The van der Waals surface area contributed by atoms with Crippen LogP contribution in [0, 0.1) is 0 Å². The van der Waals surface area contributed by atoms with E-state index in [4.69, 9.17) is 19.4 Å². The van der Waals surface area contributed by atoms with Crippen molar-refractivity contribution >= 4 is 43.7 Å². The highest BCUT2D eigenvalue weighted by molar-refractivity contribution is 6.13. The van der Waals surface area contributed by atoms with Crippen molar-refractivity contribution in [3.63, 3.8) is 0 Å². The van der Waals surface area contributed by atoms with Crippen molar-refractivity contribution in [1.29, 1.82) is 0 Å². The molecular weight excluding hydrogens is 613 g/mol. The molecule has 5 nitrogen and oxygen atoms in total. The van der Waals surface area contributed by atoms with Gasteiger partial charge in [0.25, 0.3) is 0 Å². The first-order valence-electron chi connectivity index (χ1n) is 16.7. The molecule has 7 aromatic carbocycles. The number of hydrogen-bond donors (Lipinski definition) is 0. The molecule has 0 saturated heterocycles. The summed E-state index contributed by atoms with van der Waals surface area (Å²) in [5.74, 6) is 1.83. The fraction of sp³-hybridized carbons (Fsp3) is 0. The van der Waals surface area contributed by atoms with Gasteiger partial charge in [-0.05, 0) is 47.5 Å². The molecule has 0 spiro atoms. The van der Waals surface area contributed by atoms with E-state index in [2.05, 4.69) is 126 Å². The van der Waals surface area contributed by atoms with Crippen LogP contribution < -0.4 is 0 Å². The molecule has 0 radical (unpaired) electrons. The number of benzene rings is 7. The third kappa shape index (κ3) is 4.60. The smallest absolute Gasteiger partial charge is 0.164 e. The Balaban J connectivity index is 1.18. The summed E-state index contributed by atoms with van der Waals surface area (Å²) in [6, 6.07) is 58.6. The molecular formula is C45H28N4O. The molecule has 0 saturated carbocycles.